The monoisotopic (exact) mass is 430 g/mol. The number of carboxylic acid groups (broad SMARTS) is 1. The van der Waals surface area contributed by atoms with E-state index in [1.807, 2.05) is 10.6 Å². The van der Waals surface area contributed by atoms with E-state index in [9.17, 15) is 23.5 Å². The van der Waals surface area contributed by atoms with E-state index in [1.54, 1.807) is 4.90 Å². The van der Waals surface area contributed by atoms with Crippen LogP contribution in [-0.2, 0) is 12.8 Å². The maximum absolute atomic E-state index is 13.6. The van der Waals surface area contributed by atoms with Crippen LogP contribution in [0, 0.1) is 5.41 Å². The molecule has 6 nitrogen and oxygen atoms in total. The molecule has 3 aliphatic heterocycles. The van der Waals surface area contributed by atoms with Crippen molar-refractivity contribution in [2.75, 3.05) is 24.6 Å². The summed E-state index contributed by atoms with van der Waals surface area (Å²) in [5.41, 5.74) is 3.07. The lowest BCUT2D eigenvalue weighted by Gasteiger charge is -2.43. The zero-order valence-electron chi connectivity index (χ0n) is 17.7. The van der Waals surface area contributed by atoms with Crippen LogP contribution < -0.4 is 15.1 Å². The number of anilines is 1. The van der Waals surface area contributed by atoms with Crippen molar-refractivity contribution in [3.05, 3.63) is 45.2 Å². The number of pyridine rings is 1. The summed E-state index contributed by atoms with van der Waals surface area (Å²) in [6, 6.07) is 3.13. The highest BCUT2D eigenvalue weighted by atomic mass is 19.3. The normalized spacial score (nSPS) is 20.9. The largest absolute Gasteiger partial charge is 0.491 e. The first-order valence-electron chi connectivity index (χ1n) is 10.4. The minimum absolute atomic E-state index is 0.0717. The maximum Gasteiger partial charge on any atom is 0.341 e. The first-order chi connectivity index (χ1) is 14.5. The first kappa shape index (κ1) is 20.0. The minimum atomic E-state index is -2.72. The van der Waals surface area contributed by atoms with Crippen molar-refractivity contribution >= 4 is 11.7 Å². The number of hydrogen-bond acceptors (Lipinski definition) is 4. The van der Waals surface area contributed by atoms with E-state index in [0.717, 1.165) is 16.7 Å². The van der Waals surface area contributed by atoms with Gasteiger partial charge in [-0.3, -0.25) is 4.79 Å². The van der Waals surface area contributed by atoms with E-state index >= 15 is 0 Å². The summed E-state index contributed by atoms with van der Waals surface area (Å²) in [5, 5.41) is 9.48. The molecule has 0 amide bonds. The van der Waals surface area contributed by atoms with E-state index < -0.39 is 17.3 Å². The highest BCUT2D eigenvalue weighted by Gasteiger charge is 2.46. The topological polar surface area (TPSA) is 71.8 Å². The Hall–Kier alpha value is -2.90. The van der Waals surface area contributed by atoms with Gasteiger partial charge in [0.25, 0.3) is 5.92 Å². The van der Waals surface area contributed by atoms with Crippen LogP contribution in [0.4, 0.5) is 14.5 Å². The molecule has 164 valence electrons. The second-order valence-corrected chi connectivity index (χ2v) is 9.77. The van der Waals surface area contributed by atoms with E-state index in [1.165, 1.54) is 12.3 Å². The summed E-state index contributed by atoms with van der Waals surface area (Å²) in [7, 11) is 0. The molecule has 0 saturated carbocycles. The van der Waals surface area contributed by atoms with Crippen LogP contribution in [0.3, 0.4) is 0 Å². The Morgan fingerprint density at radius 1 is 1.23 bits per heavy atom. The number of benzene rings is 1. The van der Waals surface area contributed by atoms with Gasteiger partial charge in [0.1, 0.15) is 11.3 Å². The number of fused-ring (bicyclic) bond motifs is 5. The van der Waals surface area contributed by atoms with E-state index in [0.29, 0.717) is 36.6 Å². The van der Waals surface area contributed by atoms with Gasteiger partial charge in [0.15, 0.2) is 5.43 Å². The molecule has 0 aliphatic carbocycles. The highest BCUT2D eigenvalue weighted by Crippen LogP contribution is 2.51. The molecule has 31 heavy (non-hydrogen) atoms. The number of nitrogens with zero attached hydrogens (tertiary/aromatic N) is 2. The van der Waals surface area contributed by atoms with Gasteiger partial charge in [0.05, 0.1) is 31.1 Å². The molecule has 1 fully saturated rings. The van der Waals surface area contributed by atoms with Gasteiger partial charge in [0, 0.05) is 35.9 Å². The fraction of sp³-hybridized carbons (Fsp3) is 0.478. The predicted octanol–water partition coefficient (Wildman–Crippen LogP) is 3.75. The summed E-state index contributed by atoms with van der Waals surface area (Å²) in [6.07, 6.45) is 2.76. The average Bonchev–Trinajstić information content (AvgIpc) is 3.13. The van der Waals surface area contributed by atoms with Crippen molar-refractivity contribution in [1.29, 1.82) is 0 Å². The smallest absolute Gasteiger partial charge is 0.341 e. The number of hydrogen-bond donors (Lipinski definition) is 1. The van der Waals surface area contributed by atoms with Crippen molar-refractivity contribution in [3.8, 4) is 17.0 Å². The van der Waals surface area contributed by atoms with E-state index in [4.69, 9.17) is 4.74 Å². The van der Waals surface area contributed by atoms with Crippen molar-refractivity contribution < 1.29 is 23.4 Å². The van der Waals surface area contributed by atoms with Gasteiger partial charge >= 0.3 is 5.97 Å². The Morgan fingerprint density at radius 3 is 2.55 bits per heavy atom. The lowest BCUT2D eigenvalue weighted by molar-refractivity contribution is -0.0264. The van der Waals surface area contributed by atoms with Gasteiger partial charge in [-0.1, -0.05) is 20.8 Å². The van der Waals surface area contributed by atoms with Crippen LogP contribution in [0.1, 0.15) is 48.3 Å². The number of halogens is 2. The number of rotatable bonds is 2. The molecule has 0 spiro atoms. The van der Waals surface area contributed by atoms with Crippen molar-refractivity contribution in [3.63, 3.8) is 0 Å². The van der Waals surface area contributed by atoms with Crippen LogP contribution >= 0.6 is 0 Å². The maximum atomic E-state index is 13.6. The van der Waals surface area contributed by atoms with Crippen LogP contribution in [-0.4, -0.2) is 41.3 Å². The zero-order valence-corrected chi connectivity index (χ0v) is 17.7. The van der Waals surface area contributed by atoms with Crippen LogP contribution in [0.15, 0.2) is 23.1 Å². The summed E-state index contributed by atoms with van der Waals surface area (Å²) in [4.78, 5) is 25.8. The number of alkyl halides is 2. The molecule has 0 radical (unpaired) electrons. The number of carboxylic acids is 1. The lowest BCUT2D eigenvalue weighted by Crippen LogP contribution is -2.56. The molecule has 1 saturated heterocycles. The number of aromatic carboxylic acids is 1. The summed E-state index contributed by atoms with van der Waals surface area (Å²) in [6.45, 7) is 6.01. The third-order valence-corrected chi connectivity index (χ3v) is 6.58. The van der Waals surface area contributed by atoms with Crippen LogP contribution in [0.25, 0.3) is 11.3 Å². The molecule has 1 atom stereocenters. The zero-order chi connectivity index (χ0) is 22.3. The summed E-state index contributed by atoms with van der Waals surface area (Å²) >= 11 is 0. The molecule has 1 aromatic heterocycles. The summed E-state index contributed by atoms with van der Waals surface area (Å²) < 4.78 is 34.9. The highest BCUT2D eigenvalue weighted by molar-refractivity contribution is 5.88. The number of carbonyl (C=O) groups is 1. The molecule has 0 bridgehead atoms. The Balaban J connectivity index is 1.75. The molecular formula is C23H24F2N2O4. The molecule has 2 aromatic rings. The fourth-order valence-corrected chi connectivity index (χ4v) is 5.00. The minimum Gasteiger partial charge on any atom is -0.491 e. The van der Waals surface area contributed by atoms with Gasteiger partial charge in [-0.15, -0.1) is 0 Å². The SMILES string of the molecule is CC(C)(C)C1Cc2c(cc(N3CC(F)(F)C3)c3c2CCO3)-c2cc(=O)c(C(=O)O)cn21. The Kier molecular flexibility index (Phi) is 4.08. The van der Waals surface area contributed by atoms with Gasteiger partial charge in [-0.25, -0.2) is 13.6 Å². The van der Waals surface area contributed by atoms with Crippen molar-refractivity contribution in [2.24, 2.45) is 5.41 Å². The molecule has 4 heterocycles. The average molecular weight is 430 g/mol. The quantitative estimate of drug-likeness (QED) is 0.786. The van der Waals surface area contributed by atoms with Gasteiger partial charge < -0.3 is 19.3 Å². The lowest BCUT2D eigenvalue weighted by atomic mass is 9.77. The molecule has 1 N–H and O–H groups in total. The molecule has 3 aliphatic rings. The molecular weight excluding hydrogens is 406 g/mol. The first-order valence-corrected chi connectivity index (χ1v) is 10.4. The van der Waals surface area contributed by atoms with Crippen LogP contribution in [0.2, 0.25) is 0 Å². The standard InChI is InChI=1S/C23H24F2N2O4/c1-22(2,3)19-7-13-12-4-5-31-20(12)17(26-10-23(24,25)11-26)6-14(13)16-8-18(28)15(21(29)30)9-27(16)19/h6,8-9,19H,4-5,7,10-11H2,1-3H3,(H,29,30). The summed E-state index contributed by atoms with van der Waals surface area (Å²) in [5.74, 6) is -3.31. The molecule has 1 unspecified atom stereocenters. The molecule has 5 rings (SSSR count). The number of ether oxygens (including phenoxy) is 1. The second-order valence-electron chi connectivity index (χ2n) is 9.77. The Labute approximate surface area is 178 Å². The van der Waals surface area contributed by atoms with Gasteiger partial charge in [-0.2, -0.15) is 0 Å². The Bertz CT molecular complexity index is 1170. The Morgan fingerprint density at radius 2 is 1.94 bits per heavy atom. The van der Waals surface area contributed by atoms with E-state index in [2.05, 4.69) is 20.8 Å². The predicted molar refractivity (Wildman–Crippen MR) is 112 cm³/mol. The third-order valence-electron chi connectivity index (χ3n) is 6.58. The fourth-order valence-electron chi connectivity index (χ4n) is 5.00. The number of aromatic nitrogens is 1. The van der Waals surface area contributed by atoms with Gasteiger partial charge in [0.2, 0.25) is 0 Å². The van der Waals surface area contributed by atoms with Gasteiger partial charge in [-0.05, 0) is 23.5 Å². The molecule has 8 heteroatoms. The van der Waals surface area contributed by atoms with Crippen LogP contribution in [0.5, 0.6) is 5.75 Å². The van der Waals surface area contributed by atoms with E-state index in [-0.39, 0.29) is 30.1 Å². The van der Waals surface area contributed by atoms with Crippen molar-refractivity contribution in [1.82, 2.24) is 4.57 Å². The molecule has 1 aromatic carbocycles. The third kappa shape index (κ3) is 3.03. The van der Waals surface area contributed by atoms with Crippen molar-refractivity contribution in [2.45, 2.75) is 45.6 Å². The second kappa shape index (κ2) is 6.31.